The minimum atomic E-state index is -0.814. The van der Waals surface area contributed by atoms with Crippen LogP contribution < -0.4 is 20.9 Å². The number of benzene rings is 2. The van der Waals surface area contributed by atoms with Crippen LogP contribution >= 0.6 is 15.9 Å². The van der Waals surface area contributed by atoms with Crippen LogP contribution in [0.3, 0.4) is 0 Å². The van der Waals surface area contributed by atoms with Gasteiger partial charge in [-0.15, -0.1) is 0 Å². The molecule has 1 atom stereocenters. The molecule has 9 heteroatoms. The third-order valence-electron chi connectivity index (χ3n) is 3.45. The lowest BCUT2D eigenvalue weighted by Crippen LogP contribution is -2.47. The Labute approximate surface area is 170 Å². The maximum absolute atomic E-state index is 12.1. The van der Waals surface area contributed by atoms with Gasteiger partial charge in [0.1, 0.15) is 5.75 Å². The van der Waals surface area contributed by atoms with E-state index in [0.717, 1.165) is 4.47 Å². The number of hydrogen-bond acceptors (Lipinski definition) is 5. The van der Waals surface area contributed by atoms with E-state index in [9.17, 15) is 14.4 Å². The zero-order chi connectivity index (χ0) is 20.5. The summed E-state index contributed by atoms with van der Waals surface area (Å²) in [7, 11) is 0. The van der Waals surface area contributed by atoms with Crippen LogP contribution in [0.2, 0.25) is 0 Å². The van der Waals surface area contributed by atoms with Gasteiger partial charge in [-0.1, -0.05) is 22.0 Å². The molecule has 0 saturated carbocycles. The molecule has 148 valence electrons. The highest BCUT2D eigenvalue weighted by molar-refractivity contribution is 9.10. The molecule has 0 bridgehead atoms. The lowest BCUT2D eigenvalue weighted by molar-refractivity contribution is -0.128. The van der Waals surface area contributed by atoms with Crippen molar-refractivity contribution in [2.75, 3.05) is 11.9 Å². The number of amides is 3. The Kier molecular flexibility index (Phi) is 7.82. The average molecular weight is 450 g/mol. The Bertz CT molecular complexity index is 842. The second-order valence-electron chi connectivity index (χ2n) is 5.58. The molecule has 3 N–H and O–H groups in total. The minimum absolute atomic E-state index is 0.260. The molecule has 8 nitrogen and oxygen atoms in total. The van der Waals surface area contributed by atoms with E-state index in [0.29, 0.717) is 17.0 Å². The van der Waals surface area contributed by atoms with Gasteiger partial charge in [0.15, 0.2) is 6.10 Å². The Balaban J connectivity index is 1.83. The molecule has 0 aliphatic heterocycles. The molecule has 0 aliphatic rings. The van der Waals surface area contributed by atoms with Crippen LogP contribution in [0.5, 0.6) is 5.75 Å². The Morgan fingerprint density at radius 3 is 2.43 bits per heavy atom. The second kappa shape index (κ2) is 10.3. The van der Waals surface area contributed by atoms with E-state index in [-0.39, 0.29) is 6.61 Å². The van der Waals surface area contributed by atoms with Gasteiger partial charge in [0, 0.05) is 15.7 Å². The second-order valence-corrected chi connectivity index (χ2v) is 6.50. The topological polar surface area (TPSA) is 106 Å². The fourth-order valence-electron chi connectivity index (χ4n) is 2.08. The van der Waals surface area contributed by atoms with Crippen LogP contribution in [0.1, 0.15) is 24.2 Å². The van der Waals surface area contributed by atoms with E-state index in [1.807, 2.05) is 6.07 Å². The van der Waals surface area contributed by atoms with Gasteiger partial charge in [-0.05, 0) is 56.3 Å². The third kappa shape index (κ3) is 6.58. The molecule has 0 saturated heterocycles. The van der Waals surface area contributed by atoms with Gasteiger partial charge in [0.2, 0.25) is 0 Å². The molecule has 1 unspecified atom stereocenters. The summed E-state index contributed by atoms with van der Waals surface area (Å²) in [5.41, 5.74) is 5.41. The Hall–Kier alpha value is -3.07. The van der Waals surface area contributed by atoms with Crippen molar-refractivity contribution in [1.82, 2.24) is 10.9 Å². The number of carbonyl (C=O) groups excluding carboxylic acids is 3. The van der Waals surface area contributed by atoms with E-state index in [1.54, 1.807) is 44.2 Å². The van der Waals surface area contributed by atoms with Gasteiger partial charge in [-0.2, -0.15) is 0 Å². The standard InChI is InChI=1S/C19H20BrN3O5/c1-3-27-19(26)21-15-9-7-13(8-10-15)18(25)23-22-17(24)12(2)28-16-6-4-5-14(20)11-16/h4-12H,3H2,1-2H3,(H,21,26)(H,22,24)(H,23,25). The lowest BCUT2D eigenvalue weighted by atomic mass is 10.2. The van der Waals surface area contributed by atoms with E-state index in [4.69, 9.17) is 9.47 Å². The monoisotopic (exact) mass is 449 g/mol. The highest BCUT2D eigenvalue weighted by Gasteiger charge is 2.16. The summed E-state index contributed by atoms with van der Waals surface area (Å²) in [5, 5.41) is 2.52. The molecular formula is C19H20BrN3O5. The molecule has 3 amide bonds. The van der Waals surface area contributed by atoms with Crippen molar-refractivity contribution in [3.05, 3.63) is 58.6 Å². The molecular weight excluding hydrogens is 430 g/mol. The lowest BCUT2D eigenvalue weighted by Gasteiger charge is -2.15. The summed E-state index contributed by atoms with van der Waals surface area (Å²) in [6.45, 7) is 3.53. The molecule has 0 heterocycles. The van der Waals surface area contributed by atoms with E-state index in [1.165, 1.54) is 12.1 Å². The first-order valence-electron chi connectivity index (χ1n) is 8.45. The zero-order valence-electron chi connectivity index (χ0n) is 15.3. The fraction of sp³-hybridized carbons (Fsp3) is 0.211. The molecule has 0 radical (unpaired) electrons. The number of hydrazine groups is 1. The van der Waals surface area contributed by atoms with Crippen molar-refractivity contribution in [3.8, 4) is 5.75 Å². The first-order chi connectivity index (χ1) is 13.4. The molecule has 2 aromatic carbocycles. The van der Waals surface area contributed by atoms with Crippen LogP contribution in [-0.2, 0) is 9.53 Å². The van der Waals surface area contributed by atoms with Gasteiger partial charge in [-0.3, -0.25) is 25.8 Å². The zero-order valence-corrected chi connectivity index (χ0v) is 16.9. The predicted molar refractivity (Wildman–Crippen MR) is 107 cm³/mol. The van der Waals surface area contributed by atoms with Gasteiger partial charge in [-0.25, -0.2) is 4.79 Å². The highest BCUT2D eigenvalue weighted by Crippen LogP contribution is 2.18. The molecule has 0 spiro atoms. The largest absolute Gasteiger partial charge is 0.481 e. The summed E-state index contributed by atoms with van der Waals surface area (Å²) in [6, 6.07) is 13.2. The Morgan fingerprint density at radius 2 is 1.79 bits per heavy atom. The number of halogens is 1. The number of ether oxygens (including phenoxy) is 2. The number of hydrogen-bond donors (Lipinski definition) is 3. The maximum Gasteiger partial charge on any atom is 0.411 e. The summed E-state index contributed by atoms with van der Waals surface area (Å²) >= 11 is 3.32. The van der Waals surface area contributed by atoms with Crippen molar-refractivity contribution in [3.63, 3.8) is 0 Å². The Morgan fingerprint density at radius 1 is 1.07 bits per heavy atom. The van der Waals surface area contributed by atoms with Crippen molar-refractivity contribution < 1.29 is 23.9 Å². The molecule has 28 heavy (non-hydrogen) atoms. The van der Waals surface area contributed by atoms with Crippen molar-refractivity contribution >= 4 is 39.5 Å². The third-order valence-corrected chi connectivity index (χ3v) is 3.94. The van der Waals surface area contributed by atoms with Gasteiger partial charge in [0.25, 0.3) is 11.8 Å². The summed E-state index contributed by atoms with van der Waals surface area (Å²) in [6.07, 6.45) is -1.39. The van der Waals surface area contributed by atoms with Crippen molar-refractivity contribution in [2.45, 2.75) is 20.0 Å². The maximum atomic E-state index is 12.1. The molecule has 0 fully saturated rings. The molecule has 0 aromatic heterocycles. The van der Waals surface area contributed by atoms with Crippen molar-refractivity contribution in [1.29, 1.82) is 0 Å². The van der Waals surface area contributed by atoms with Crippen molar-refractivity contribution in [2.24, 2.45) is 0 Å². The summed E-state index contributed by atoms with van der Waals surface area (Å²) in [5.74, 6) is -0.493. The summed E-state index contributed by atoms with van der Waals surface area (Å²) < 4.78 is 11.1. The SMILES string of the molecule is CCOC(=O)Nc1ccc(C(=O)NNC(=O)C(C)Oc2cccc(Br)c2)cc1. The van der Waals surface area contributed by atoms with E-state index in [2.05, 4.69) is 32.1 Å². The van der Waals surface area contributed by atoms with E-state index >= 15 is 0 Å². The van der Waals surface area contributed by atoms with Gasteiger partial charge < -0.3 is 9.47 Å². The quantitative estimate of drug-likeness (QED) is 0.586. The highest BCUT2D eigenvalue weighted by atomic mass is 79.9. The first kappa shape index (κ1) is 21.2. The number of nitrogens with one attached hydrogen (secondary N) is 3. The van der Waals surface area contributed by atoms with Gasteiger partial charge >= 0.3 is 6.09 Å². The van der Waals surface area contributed by atoms with Crippen LogP contribution in [0.25, 0.3) is 0 Å². The molecule has 2 aromatic rings. The normalized spacial score (nSPS) is 11.1. The number of anilines is 1. The smallest absolute Gasteiger partial charge is 0.411 e. The first-order valence-corrected chi connectivity index (χ1v) is 9.24. The summed E-state index contributed by atoms with van der Waals surface area (Å²) in [4.78, 5) is 35.6. The van der Waals surface area contributed by atoms with Crippen LogP contribution in [0.15, 0.2) is 53.0 Å². The van der Waals surface area contributed by atoms with Crippen LogP contribution in [-0.4, -0.2) is 30.6 Å². The number of rotatable bonds is 6. The average Bonchev–Trinajstić information content (AvgIpc) is 2.66. The minimum Gasteiger partial charge on any atom is -0.481 e. The van der Waals surface area contributed by atoms with Crippen LogP contribution in [0, 0.1) is 0 Å². The molecule has 2 rings (SSSR count). The van der Waals surface area contributed by atoms with Gasteiger partial charge in [0.05, 0.1) is 6.61 Å². The number of carbonyl (C=O) groups is 3. The van der Waals surface area contributed by atoms with E-state index < -0.39 is 24.0 Å². The molecule has 0 aliphatic carbocycles. The fourth-order valence-corrected chi connectivity index (χ4v) is 2.46. The predicted octanol–water partition coefficient (Wildman–Crippen LogP) is 3.25. The van der Waals surface area contributed by atoms with Crippen LogP contribution in [0.4, 0.5) is 10.5 Å².